The van der Waals surface area contributed by atoms with Gasteiger partial charge in [-0.3, -0.25) is 4.98 Å². The average molecular weight is 567 g/mol. The van der Waals surface area contributed by atoms with Gasteiger partial charge in [0.05, 0.1) is 35.7 Å². The van der Waals surface area contributed by atoms with Crippen molar-refractivity contribution in [2.45, 2.75) is 44.6 Å². The largest absolute Gasteiger partial charge is 0.441 e. The highest BCUT2D eigenvalue weighted by molar-refractivity contribution is 5.79. The molecular weight excluding hydrogens is 527 g/mol. The molecule has 0 radical (unpaired) electrons. The molecule has 3 aromatic rings. The van der Waals surface area contributed by atoms with E-state index in [4.69, 9.17) is 19.2 Å². The highest BCUT2D eigenvalue weighted by atomic mass is 19.1. The second kappa shape index (κ2) is 11.9. The van der Waals surface area contributed by atoms with Crippen molar-refractivity contribution >= 4 is 17.3 Å². The van der Waals surface area contributed by atoms with E-state index in [0.29, 0.717) is 52.5 Å². The number of aromatic nitrogens is 3. The number of hydrogen-bond donors (Lipinski definition) is 0. The van der Waals surface area contributed by atoms with Gasteiger partial charge >= 0.3 is 6.09 Å². The topological polar surface area (TPSA) is 84.7 Å². The Morgan fingerprint density at radius 2 is 1.93 bits per heavy atom. The molecule has 3 aromatic heterocycles. The van der Waals surface area contributed by atoms with Gasteiger partial charge in [0.1, 0.15) is 6.17 Å². The number of pyridine rings is 1. The maximum absolute atomic E-state index is 13.5. The summed E-state index contributed by atoms with van der Waals surface area (Å²) in [4.78, 5) is 23.5. The third kappa shape index (κ3) is 5.89. The van der Waals surface area contributed by atoms with Crippen LogP contribution in [0.25, 0.3) is 16.8 Å². The van der Waals surface area contributed by atoms with E-state index >= 15 is 0 Å². The number of anilines is 1. The van der Waals surface area contributed by atoms with Crippen molar-refractivity contribution in [1.82, 2.24) is 24.4 Å². The lowest BCUT2D eigenvalue weighted by Crippen LogP contribution is -2.51. The number of hydrogen-bond acceptors (Lipinski definition) is 8. The van der Waals surface area contributed by atoms with Crippen LogP contribution in [0.5, 0.6) is 0 Å². The molecule has 11 heteroatoms. The van der Waals surface area contributed by atoms with Gasteiger partial charge in [0.25, 0.3) is 0 Å². The number of nitrogens with zero attached hydrogens (tertiary/aromatic N) is 6. The maximum Gasteiger partial charge on any atom is 0.410 e. The van der Waals surface area contributed by atoms with Crippen LogP contribution in [0.1, 0.15) is 32.3 Å². The summed E-state index contributed by atoms with van der Waals surface area (Å²) in [5.74, 6) is 0. The van der Waals surface area contributed by atoms with Gasteiger partial charge in [0.2, 0.25) is 0 Å². The summed E-state index contributed by atoms with van der Waals surface area (Å²) in [6.45, 7) is 9.93. The molecule has 3 aliphatic rings. The van der Waals surface area contributed by atoms with Crippen molar-refractivity contribution in [1.29, 1.82) is 0 Å². The monoisotopic (exact) mass is 566 g/mol. The molecule has 1 atom stereocenters. The Morgan fingerprint density at radius 3 is 2.56 bits per heavy atom. The summed E-state index contributed by atoms with van der Waals surface area (Å²) in [5, 5.41) is 4.54. The number of piperidine rings is 1. The van der Waals surface area contributed by atoms with E-state index in [9.17, 15) is 9.18 Å². The molecule has 3 saturated heterocycles. The van der Waals surface area contributed by atoms with Gasteiger partial charge in [-0.1, -0.05) is 6.07 Å². The molecule has 0 spiro atoms. The van der Waals surface area contributed by atoms with Crippen LogP contribution in [0, 0.1) is 0 Å². The molecule has 0 unspecified atom stereocenters. The molecule has 6 heterocycles. The lowest BCUT2D eigenvalue weighted by Gasteiger charge is -2.42. The quantitative estimate of drug-likeness (QED) is 0.408. The van der Waals surface area contributed by atoms with Gasteiger partial charge in [0, 0.05) is 82.1 Å². The van der Waals surface area contributed by atoms with Gasteiger partial charge in [-0.2, -0.15) is 5.10 Å². The lowest BCUT2D eigenvalue weighted by atomic mass is 9.84. The Bertz CT molecular complexity index is 1330. The Kier molecular flexibility index (Phi) is 8.10. The van der Waals surface area contributed by atoms with Crippen LogP contribution in [0.15, 0.2) is 42.9 Å². The Hall–Kier alpha value is -3.28. The van der Waals surface area contributed by atoms with Crippen LogP contribution in [-0.2, 0) is 19.8 Å². The first-order valence-electron chi connectivity index (χ1n) is 14.7. The third-order valence-electron chi connectivity index (χ3n) is 8.42. The van der Waals surface area contributed by atoms with Gasteiger partial charge in [-0.15, -0.1) is 0 Å². The van der Waals surface area contributed by atoms with Crippen LogP contribution in [0.2, 0.25) is 0 Å². The van der Waals surface area contributed by atoms with Crippen molar-refractivity contribution in [3.05, 3.63) is 48.4 Å². The van der Waals surface area contributed by atoms with Gasteiger partial charge in [-0.05, 0) is 44.9 Å². The predicted molar refractivity (Wildman–Crippen MR) is 153 cm³/mol. The zero-order valence-electron chi connectivity index (χ0n) is 23.9. The number of carbonyl (C=O) groups excluding carboxylic acids is 1. The molecule has 0 aliphatic carbocycles. The molecule has 6 rings (SSSR count). The molecule has 41 heavy (non-hydrogen) atoms. The van der Waals surface area contributed by atoms with E-state index in [2.05, 4.69) is 33.1 Å². The van der Waals surface area contributed by atoms with Gasteiger partial charge in [-0.25, -0.2) is 13.7 Å². The average Bonchev–Trinajstić information content (AvgIpc) is 3.41. The minimum atomic E-state index is -0.829. The Morgan fingerprint density at radius 1 is 1.15 bits per heavy atom. The number of fused-ring (bicyclic) bond motifs is 1. The molecule has 220 valence electrons. The summed E-state index contributed by atoms with van der Waals surface area (Å²) in [5.41, 5.74) is 4.60. The van der Waals surface area contributed by atoms with E-state index in [-0.39, 0.29) is 12.2 Å². The van der Waals surface area contributed by atoms with Gasteiger partial charge < -0.3 is 28.9 Å². The second-order valence-electron chi connectivity index (χ2n) is 11.2. The number of halogens is 1. The van der Waals surface area contributed by atoms with E-state index in [1.807, 2.05) is 36.1 Å². The van der Waals surface area contributed by atoms with Crippen molar-refractivity contribution in [2.24, 2.45) is 0 Å². The van der Waals surface area contributed by atoms with Crippen molar-refractivity contribution in [2.75, 3.05) is 70.5 Å². The number of likely N-dealkylation sites (tertiary alicyclic amines) is 1. The smallest absolute Gasteiger partial charge is 0.410 e. The summed E-state index contributed by atoms with van der Waals surface area (Å²) in [6, 6.07) is 8.32. The molecule has 0 N–H and O–H groups in total. The van der Waals surface area contributed by atoms with Crippen LogP contribution in [0.4, 0.5) is 14.9 Å². The van der Waals surface area contributed by atoms with Crippen molar-refractivity contribution in [3.63, 3.8) is 0 Å². The van der Waals surface area contributed by atoms with E-state index in [1.54, 1.807) is 11.8 Å². The molecule has 0 bridgehead atoms. The third-order valence-corrected chi connectivity index (χ3v) is 8.42. The normalized spacial score (nSPS) is 20.7. The Balaban J connectivity index is 1.15. The SMILES string of the molecule is CCOC1(c2ccc(-c3cc4c(N5CCN(C(=O)OC6COC6)CC5)ccnn4c3)nc2)CCN(C[C@H](C)F)CC1. The molecular formula is C30H39FN6O4. The summed E-state index contributed by atoms with van der Waals surface area (Å²) in [6.07, 6.45) is 6.18. The first-order valence-corrected chi connectivity index (χ1v) is 14.7. The minimum absolute atomic E-state index is 0.115. The fourth-order valence-electron chi connectivity index (χ4n) is 6.12. The van der Waals surface area contributed by atoms with E-state index < -0.39 is 11.8 Å². The van der Waals surface area contributed by atoms with E-state index in [1.165, 1.54) is 0 Å². The summed E-state index contributed by atoms with van der Waals surface area (Å²) in [7, 11) is 0. The maximum atomic E-state index is 13.5. The van der Waals surface area contributed by atoms with E-state index in [0.717, 1.165) is 54.0 Å². The number of ether oxygens (including phenoxy) is 3. The van der Waals surface area contributed by atoms with Crippen LogP contribution in [-0.4, -0.2) is 108 Å². The summed E-state index contributed by atoms with van der Waals surface area (Å²) >= 11 is 0. The van der Waals surface area contributed by atoms with Crippen molar-refractivity contribution in [3.8, 4) is 11.3 Å². The number of piperazine rings is 1. The highest BCUT2D eigenvalue weighted by Gasteiger charge is 2.37. The molecule has 3 aliphatic heterocycles. The first-order chi connectivity index (χ1) is 19.9. The highest BCUT2D eigenvalue weighted by Crippen LogP contribution is 2.37. The molecule has 0 aromatic carbocycles. The van der Waals surface area contributed by atoms with Crippen LogP contribution >= 0.6 is 0 Å². The number of rotatable bonds is 8. The number of carbonyl (C=O) groups is 1. The zero-order chi connectivity index (χ0) is 28.4. The first kappa shape index (κ1) is 27.9. The fourth-order valence-corrected chi connectivity index (χ4v) is 6.12. The fraction of sp³-hybridized carbons (Fsp3) is 0.567. The second-order valence-corrected chi connectivity index (χ2v) is 11.2. The van der Waals surface area contributed by atoms with Crippen LogP contribution in [0.3, 0.4) is 0 Å². The lowest BCUT2D eigenvalue weighted by molar-refractivity contribution is -0.104. The minimum Gasteiger partial charge on any atom is -0.441 e. The molecule has 3 fully saturated rings. The Labute approximate surface area is 240 Å². The molecule has 1 amide bonds. The molecule has 0 saturated carbocycles. The number of alkyl halides is 1. The van der Waals surface area contributed by atoms with Gasteiger partial charge in [0.15, 0.2) is 6.10 Å². The van der Waals surface area contributed by atoms with Crippen molar-refractivity contribution < 1.29 is 23.4 Å². The zero-order valence-corrected chi connectivity index (χ0v) is 23.9. The van der Waals surface area contributed by atoms with Crippen LogP contribution < -0.4 is 4.90 Å². The number of amides is 1. The standard InChI is InChI=1S/C30H39FN6O4/c1-3-40-30(7-10-34(11-8-30)18-22(2)31)24-4-5-26(32-17-24)23-16-28-27(6-9-33-37(28)19-23)35-12-14-36(15-13-35)29(38)41-25-20-39-21-25/h4-6,9,16-17,19,22,25H,3,7-8,10-15,18,20-21H2,1-2H3/t22-/m0/s1. The predicted octanol–water partition coefficient (Wildman–Crippen LogP) is 3.74. The summed E-state index contributed by atoms with van der Waals surface area (Å²) < 4.78 is 32.3. The molecule has 10 nitrogen and oxygen atoms in total.